The summed E-state index contributed by atoms with van der Waals surface area (Å²) in [5.41, 5.74) is 0.450. The van der Waals surface area contributed by atoms with E-state index in [9.17, 15) is 9.18 Å². The van der Waals surface area contributed by atoms with E-state index in [0.29, 0.717) is 11.5 Å². The lowest BCUT2D eigenvalue weighted by Crippen LogP contribution is -2.34. The van der Waals surface area contributed by atoms with Gasteiger partial charge in [0.05, 0.1) is 5.56 Å². The molecular formula is C17H22FNO2. The van der Waals surface area contributed by atoms with Crippen molar-refractivity contribution in [1.29, 1.82) is 0 Å². The van der Waals surface area contributed by atoms with Gasteiger partial charge in [0.2, 0.25) is 0 Å². The molecule has 0 spiro atoms. The molecule has 0 radical (unpaired) electrons. The fourth-order valence-corrected chi connectivity index (χ4v) is 2.05. The van der Waals surface area contributed by atoms with Crippen molar-refractivity contribution in [3.8, 4) is 11.8 Å². The topological polar surface area (TPSA) is 49.3 Å². The number of aliphatic hydroxyl groups is 1. The number of halogens is 1. The van der Waals surface area contributed by atoms with Gasteiger partial charge < -0.3 is 10.4 Å². The van der Waals surface area contributed by atoms with Gasteiger partial charge in [-0.15, -0.1) is 0 Å². The van der Waals surface area contributed by atoms with E-state index in [4.69, 9.17) is 5.11 Å². The minimum absolute atomic E-state index is 0.000655. The number of nitrogens with one attached hydrogen (secondary N) is 1. The summed E-state index contributed by atoms with van der Waals surface area (Å²) in [5, 5.41) is 11.4. The molecule has 3 nitrogen and oxygen atoms in total. The molecule has 4 heteroatoms. The first-order chi connectivity index (χ1) is 9.97. The standard InChI is InChI=1S/C17H22FNO2/c1-4-12(2)10-13(3)19-17(21)15-8-7-14(6-5-9-20)11-16(15)18/h7-8,11-13,20H,4,9-10H2,1-3H3,(H,19,21). The summed E-state index contributed by atoms with van der Waals surface area (Å²) >= 11 is 0. The van der Waals surface area contributed by atoms with Gasteiger partial charge >= 0.3 is 0 Å². The lowest BCUT2D eigenvalue weighted by Gasteiger charge is -2.17. The molecular weight excluding hydrogens is 269 g/mol. The van der Waals surface area contributed by atoms with Gasteiger partial charge in [0.25, 0.3) is 5.91 Å². The fourth-order valence-electron chi connectivity index (χ4n) is 2.05. The highest BCUT2D eigenvalue weighted by Crippen LogP contribution is 2.13. The fraction of sp³-hybridized carbons (Fsp3) is 0.471. The molecule has 0 aromatic heterocycles. The van der Waals surface area contributed by atoms with Crippen molar-refractivity contribution in [2.45, 2.75) is 39.7 Å². The van der Waals surface area contributed by atoms with Crippen LogP contribution in [0.2, 0.25) is 0 Å². The molecule has 2 N–H and O–H groups in total. The van der Waals surface area contributed by atoms with Crippen molar-refractivity contribution < 1.29 is 14.3 Å². The quantitative estimate of drug-likeness (QED) is 0.820. The first-order valence-corrected chi connectivity index (χ1v) is 7.18. The van der Waals surface area contributed by atoms with E-state index in [1.807, 2.05) is 6.92 Å². The largest absolute Gasteiger partial charge is 0.384 e. The van der Waals surface area contributed by atoms with Crippen LogP contribution in [-0.2, 0) is 0 Å². The lowest BCUT2D eigenvalue weighted by molar-refractivity contribution is 0.0931. The Hall–Kier alpha value is -1.86. The first kappa shape index (κ1) is 17.2. The van der Waals surface area contributed by atoms with Crippen LogP contribution in [0.1, 0.15) is 49.5 Å². The number of carbonyl (C=O) groups excluding carboxylic acids is 1. The number of hydrogen-bond acceptors (Lipinski definition) is 2. The Balaban J connectivity index is 2.74. The average molecular weight is 291 g/mol. The van der Waals surface area contributed by atoms with Crippen molar-refractivity contribution in [3.05, 3.63) is 35.1 Å². The molecule has 1 aromatic carbocycles. The summed E-state index contributed by atoms with van der Waals surface area (Å²) in [4.78, 5) is 12.0. The molecule has 1 amide bonds. The Labute approximate surface area is 125 Å². The minimum Gasteiger partial charge on any atom is -0.384 e. The Morgan fingerprint density at radius 1 is 1.43 bits per heavy atom. The highest BCUT2D eigenvalue weighted by molar-refractivity contribution is 5.94. The molecule has 1 rings (SSSR count). The van der Waals surface area contributed by atoms with Gasteiger partial charge in [-0.1, -0.05) is 32.1 Å². The molecule has 114 valence electrons. The van der Waals surface area contributed by atoms with E-state index >= 15 is 0 Å². The zero-order valence-electron chi connectivity index (χ0n) is 12.7. The number of rotatable bonds is 5. The van der Waals surface area contributed by atoms with E-state index < -0.39 is 11.7 Å². The number of hydrogen-bond donors (Lipinski definition) is 2. The molecule has 0 aliphatic heterocycles. The van der Waals surface area contributed by atoms with Gasteiger partial charge in [-0.05, 0) is 37.5 Å². The van der Waals surface area contributed by atoms with Gasteiger partial charge in [-0.2, -0.15) is 0 Å². The van der Waals surface area contributed by atoms with Crippen LogP contribution in [0.3, 0.4) is 0 Å². The predicted molar refractivity (Wildman–Crippen MR) is 81.4 cm³/mol. The SMILES string of the molecule is CCC(C)CC(C)NC(=O)c1ccc(C#CCO)cc1F. The van der Waals surface area contributed by atoms with Gasteiger partial charge in [-0.25, -0.2) is 4.39 Å². The monoisotopic (exact) mass is 291 g/mol. The first-order valence-electron chi connectivity index (χ1n) is 7.18. The molecule has 0 saturated carbocycles. The third-order valence-corrected chi connectivity index (χ3v) is 3.36. The maximum Gasteiger partial charge on any atom is 0.254 e. The van der Waals surface area contributed by atoms with Crippen molar-refractivity contribution in [1.82, 2.24) is 5.32 Å². The number of carbonyl (C=O) groups is 1. The Kier molecular flexibility index (Phi) is 6.90. The summed E-state index contributed by atoms with van der Waals surface area (Å²) in [5.74, 6) is 4.54. The molecule has 0 bridgehead atoms. The van der Waals surface area contributed by atoms with Crippen molar-refractivity contribution in [2.75, 3.05) is 6.61 Å². The Bertz CT molecular complexity index is 545. The second-order valence-electron chi connectivity index (χ2n) is 5.28. The van der Waals surface area contributed by atoms with E-state index in [2.05, 4.69) is 31.0 Å². The Morgan fingerprint density at radius 3 is 2.71 bits per heavy atom. The molecule has 21 heavy (non-hydrogen) atoms. The second kappa shape index (κ2) is 8.43. The van der Waals surface area contributed by atoms with Crippen LogP contribution in [0.15, 0.2) is 18.2 Å². The van der Waals surface area contributed by atoms with Crippen LogP contribution in [0.25, 0.3) is 0 Å². The van der Waals surface area contributed by atoms with Crippen LogP contribution >= 0.6 is 0 Å². The second-order valence-corrected chi connectivity index (χ2v) is 5.28. The molecule has 2 atom stereocenters. The lowest BCUT2D eigenvalue weighted by atomic mass is 10.00. The average Bonchev–Trinajstić information content (AvgIpc) is 2.44. The minimum atomic E-state index is -0.604. The van der Waals surface area contributed by atoms with E-state index in [0.717, 1.165) is 12.8 Å². The van der Waals surface area contributed by atoms with Crippen LogP contribution in [0, 0.1) is 23.6 Å². The molecule has 0 fully saturated rings. The van der Waals surface area contributed by atoms with Crippen molar-refractivity contribution >= 4 is 5.91 Å². The van der Waals surface area contributed by atoms with Crippen molar-refractivity contribution in [3.63, 3.8) is 0 Å². The third-order valence-electron chi connectivity index (χ3n) is 3.36. The molecule has 1 aromatic rings. The molecule has 0 aliphatic rings. The van der Waals surface area contributed by atoms with Crippen molar-refractivity contribution in [2.24, 2.45) is 5.92 Å². The normalized spacial score (nSPS) is 13.0. The predicted octanol–water partition coefficient (Wildman–Crippen LogP) is 2.72. The van der Waals surface area contributed by atoms with Crippen LogP contribution in [0.4, 0.5) is 4.39 Å². The van der Waals surface area contributed by atoms with Gasteiger partial charge in [0, 0.05) is 11.6 Å². The zero-order chi connectivity index (χ0) is 15.8. The van der Waals surface area contributed by atoms with E-state index in [1.54, 1.807) is 6.07 Å². The van der Waals surface area contributed by atoms with Gasteiger partial charge in [0.1, 0.15) is 12.4 Å². The van der Waals surface area contributed by atoms with Crippen LogP contribution in [0.5, 0.6) is 0 Å². The number of aliphatic hydroxyl groups excluding tert-OH is 1. The van der Waals surface area contributed by atoms with Crippen LogP contribution < -0.4 is 5.32 Å². The molecule has 2 unspecified atom stereocenters. The smallest absolute Gasteiger partial charge is 0.254 e. The summed E-state index contributed by atoms with van der Waals surface area (Å²) in [6, 6.07) is 4.19. The summed E-state index contributed by atoms with van der Waals surface area (Å²) in [6.07, 6.45) is 1.91. The number of amides is 1. The Morgan fingerprint density at radius 2 is 2.14 bits per heavy atom. The molecule has 0 saturated heterocycles. The summed E-state index contributed by atoms with van der Waals surface area (Å²) in [6.45, 7) is 5.86. The maximum absolute atomic E-state index is 13.9. The van der Waals surface area contributed by atoms with E-state index in [1.165, 1.54) is 12.1 Å². The van der Waals surface area contributed by atoms with Crippen LogP contribution in [-0.4, -0.2) is 23.7 Å². The summed E-state index contributed by atoms with van der Waals surface area (Å²) < 4.78 is 13.9. The molecule has 0 heterocycles. The molecule has 0 aliphatic carbocycles. The zero-order valence-corrected chi connectivity index (χ0v) is 12.7. The van der Waals surface area contributed by atoms with E-state index in [-0.39, 0.29) is 18.2 Å². The maximum atomic E-state index is 13.9. The number of benzene rings is 1. The summed E-state index contributed by atoms with van der Waals surface area (Å²) in [7, 11) is 0. The van der Waals surface area contributed by atoms with Gasteiger partial charge in [-0.3, -0.25) is 4.79 Å². The van der Waals surface area contributed by atoms with Gasteiger partial charge in [0.15, 0.2) is 0 Å². The highest BCUT2D eigenvalue weighted by Gasteiger charge is 2.15. The highest BCUT2D eigenvalue weighted by atomic mass is 19.1. The third kappa shape index (κ3) is 5.57.